The van der Waals surface area contributed by atoms with Crippen molar-refractivity contribution >= 4 is 38.1 Å². The molecular formula is C21H22BrN5S. The minimum Gasteiger partial charge on any atom is -0.306 e. The zero-order valence-electron chi connectivity index (χ0n) is 16.1. The summed E-state index contributed by atoms with van der Waals surface area (Å²) in [6.45, 7) is 6.45. The molecule has 1 atom stereocenters. The molecule has 0 bridgehead atoms. The number of rotatable bonds is 3. The van der Waals surface area contributed by atoms with Crippen molar-refractivity contribution in [3.63, 3.8) is 0 Å². The average molecular weight is 456 g/mol. The molecule has 3 aromatic rings. The van der Waals surface area contributed by atoms with Crippen LogP contribution in [-0.2, 0) is 11.8 Å². The Morgan fingerprint density at radius 1 is 1.14 bits per heavy atom. The highest BCUT2D eigenvalue weighted by atomic mass is 79.9. The minimum atomic E-state index is -0.380. The van der Waals surface area contributed by atoms with E-state index in [0.29, 0.717) is 6.42 Å². The lowest BCUT2D eigenvalue weighted by atomic mass is 9.93. The summed E-state index contributed by atoms with van der Waals surface area (Å²) in [4.78, 5) is 9.33. The Morgan fingerprint density at radius 2 is 1.89 bits per heavy atom. The summed E-state index contributed by atoms with van der Waals surface area (Å²) in [6.07, 6.45) is 2.07. The molecule has 144 valence electrons. The van der Waals surface area contributed by atoms with Gasteiger partial charge in [-0.3, -0.25) is 4.98 Å². The summed E-state index contributed by atoms with van der Waals surface area (Å²) < 4.78 is 1.02. The summed E-state index contributed by atoms with van der Waals surface area (Å²) in [5.74, 6) is 0. The van der Waals surface area contributed by atoms with Crippen LogP contribution >= 0.6 is 27.3 Å². The van der Waals surface area contributed by atoms with E-state index in [1.165, 1.54) is 0 Å². The molecule has 0 amide bonds. The third kappa shape index (κ3) is 3.62. The summed E-state index contributed by atoms with van der Waals surface area (Å²) in [5, 5.41) is 7.55. The Labute approximate surface area is 177 Å². The number of thiazole rings is 1. The fourth-order valence-corrected chi connectivity index (χ4v) is 5.32. The summed E-state index contributed by atoms with van der Waals surface area (Å²) in [5.41, 5.74) is 11.6. The second kappa shape index (κ2) is 7.39. The maximum Gasteiger partial charge on any atom is 0.209 e. The quantitative estimate of drug-likeness (QED) is 0.601. The lowest BCUT2D eigenvalue weighted by Crippen LogP contribution is -2.37. The van der Waals surface area contributed by atoms with Crippen molar-refractivity contribution < 1.29 is 0 Å². The molecule has 4 rings (SSSR count). The Morgan fingerprint density at radius 3 is 2.57 bits per heavy atom. The van der Waals surface area contributed by atoms with Gasteiger partial charge >= 0.3 is 0 Å². The zero-order chi connectivity index (χ0) is 19.9. The molecule has 5 nitrogen and oxygen atoms in total. The number of pyridine rings is 1. The minimum absolute atomic E-state index is 0.0636. The van der Waals surface area contributed by atoms with Crippen molar-refractivity contribution in [2.45, 2.75) is 38.8 Å². The van der Waals surface area contributed by atoms with Gasteiger partial charge in [-0.1, -0.05) is 62.4 Å². The maximum absolute atomic E-state index is 6.60. The lowest BCUT2D eigenvalue weighted by molar-refractivity contribution is 0.567. The van der Waals surface area contributed by atoms with E-state index in [0.717, 1.165) is 37.1 Å². The van der Waals surface area contributed by atoms with Gasteiger partial charge in [-0.05, 0) is 33.6 Å². The van der Waals surface area contributed by atoms with Gasteiger partial charge in [0.2, 0.25) is 5.13 Å². The number of anilines is 1. The van der Waals surface area contributed by atoms with Gasteiger partial charge in [0.25, 0.3) is 0 Å². The standard InChI is InChI=1S/C21H22BrN5S/c1-21(2,3)17-18(22)28-20(25-17)27-19(23)15-10-5-4-9-14(15)16(26-27)12-13-8-6-7-11-24-13/h4-11,19H,12,23H2,1-3H3. The number of fused-ring (bicyclic) bond motifs is 1. The molecule has 0 fully saturated rings. The summed E-state index contributed by atoms with van der Waals surface area (Å²) >= 11 is 5.23. The van der Waals surface area contributed by atoms with Gasteiger partial charge in [0, 0.05) is 29.3 Å². The van der Waals surface area contributed by atoms with Gasteiger partial charge in [0.1, 0.15) is 6.17 Å². The van der Waals surface area contributed by atoms with Crippen molar-refractivity contribution in [1.29, 1.82) is 0 Å². The SMILES string of the molecule is CC(C)(C)c1nc(N2N=C(Cc3ccccn3)c3ccccc3C2N)sc1Br. The van der Waals surface area contributed by atoms with Crippen molar-refractivity contribution in [2.75, 3.05) is 5.01 Å². The third-order valence-corrected chi connectivity index (χ3v) is 6.33. The van der Waals surface area contributed by atoms with E-state index < -0.39 is 0 Å². The van der Waals surface area contributed by atoms with Gasteiger partial charge in [-0.25, -0.2) is 9.99 Å². The largest absolute Gasteiger partial charge is 0.306 e. The van der Waals surface area contributed by atoms with E-state index in [4.69, 9.17) is 15.8 Å². The van der Waals surface area contributed by atoms with Gasteiger partial charge in [-0.2, -0.15) is 5.10 Å². The van der Waals surface area contributed by atoms with Crippen LogP contribution in [0.5, 0.6) is 0 Å². The van der Waals surface area contributed by atoms with Crippen LogP contribution < -0.4 is 10.7 Å². The molecule has 2 N–H and O–H groups in total. The third-order valence-electron chi connectivity index (χ3n) is 4.64. The molecule has 7 heteroatoms. The molecule has 28 heavy (non-hydrogen) atoms. The van der Waals surface area contributed by atoms with E-state index in [9.17, 15) is 0 Å². The Kier molecular flexibility index (Phi) is 5.07. The van der Waals surface area contributed by atoms with Crippen LogP contribution in [0.3, 0.4) is 0 Å². The molecule has 1 unspecified atom stereocenters. The van der Waals surface area contributed by atoms with E-state index in [2.05, 4.69) is 53.8 Å². The first kappa shape index (κ1) is 19.2. The molecule has 0 aliphatic carbocycles. The second-order valence-electron chi connectivity index (χ2n) is 7.79. The number of nitrogens with zero attached hydrogens (tertiary/aromatic N) is 4. The number of nitrogens with two attached hydrogens (primary N) is 1. The van der Waals surface area contributed by atoms with Crippen molar-refractivity contribution in [3.05, 3.63) is 75.0 Å². The number of hydrogen-bond acceptors (Lipinski definition) is 6. The van der Waals surface area contributed by atoms with Gasteiger partial charge in [0.05, 0.1) is 15.2 Å². The molecular weight excluding hydrogens is 434 g/mol. The van der Waals surface area contributed by atoms with Gasteiger partial charge in [-0.15, -0.1) is 0 Å². The molecule has 0 spiro atoms. The van der Waals surface area contributed by atoms with Crippen molar-refractivity contribution in [3.8, 4) is 0 Å². The van der Waals surface area contributed by atoms with Crippen molar-refractivity contribution in [2.24, 2.45) is 10.8 Å². The smallest absolute Gasteiger partial charge is 0.209 e. The van der Waals surface area contributed by atoms with Crippen LogP contribution in [0, 0.1) is 0 Å². The first-order chi connectivity index (χ1) is 13.3. The van der Waals surface area contributed by atoms with Gasteiger partial charge < -0.3 is 5.73 Å². The Bertz CT molecular complexity index is 1020. The summed E-state index contributed by atoms with van der Waals surface area (Å²) in [6, 6.07) is 14.1. The Hall–Kier alpha value is -2.09. The number of aromatic nitrogens is 2. The molecule has 3 heterocycles. The first-order valence-corrected chi connectivity index (χ1v) is 10.7. The molecule has 1 aliphatic heterocycles. The van der Waals surface area contributed by atoms with Crippen molar-refractivity contribution in [1.82, 2.24) is 9.97 Å². The van der Waals surface area contributed by atoms with E-state index in [-0.39, 0.29) is 11.6 Å². The van der Waals surface area contributed by atoms with Crippen LogP contribution in [0.25, 0.3) is 0 Å². The topological polar surface area (TPSA) is 67.4 Å². The highest BCUT2D eigenvalue weighted by Gasteiger charge is 2.31. The predicted octanol–water partition coefficient (Wildman–Crippen LogP) is 5.02. The maximum atomic E-state index is 6.60. The van der Waals surface area contributed by atoms with Crippen LogP contribution in [0.15, 0.2) is 57.5 Å². The van der Waals surface area contributed by atoms with E-state index >= 15 is 0 Å². The molecule has 0 saturated carbocycles. The van der Waals surface area contributed by atoms with Crippen LogP contribution in [-0.4, -0.2) is 15.7 Å². The average Bonchev–Trinajstić information content (AvgIpc) is 3.07. The fraction of sp³-hybridized carbons (Fsp3) is 0.286. The lowest BCUT2D eigenvalue weighted by Gasteiger charge is -2.31. The first-order valence-electron chi connectivity index (χ1n) is 9.13. The highest BCUT2D eigenvalue weighted by molar-refractivity contribution is 9.11. The van der Waals surface area contributed by atoms with Crippen LogP contribution in [0.2, 0.25) is 0 Å². The van der Waals surface area contributed by atoms with Crippen LogP contribution in [0.4, 0.5) is 5.13 Å². The predicted molar refractivity (Wildman–Crippen MR) is 119 cm³/mol. The summed E-state index contributed by atoms with van der Waals surface area (Å²) in [7, 11) is 0. The zero-order valence-corrected chi connectivity index (χ0v) is 18.5. The van der Waals surface area contributed by atoms with Gasteiger partial charge in [0.15, 0.2) is 0 Å². The van der Waals surface area contributed by atoms with E-state index in [1.54, 1.807) is 11.3 Å². The normalized spacial score (nSPS) is 16.7. The second-order valence-corrected chi connectivity index (χ2v) is 10.1. The Balaban J connectivity index is 1.79. The highest BCUT2D eigenvalue weighted by Crippen LogP contribution is 2.40. The molecule has 2 aromatic heterocycles. The van der Waals surface area contributed by atoms with Crippen LogP contribution in [0.1, 0.15) is 49.5 Å². The molecule has 1 aromatic carbocycles. The van der Waals surface area contributed by atoms with E-state index in [1.807, 2.05) is 41.5 Å². The fourth-order valence-electron chi connectivity index (χ4n) is 3.21. The molecule has 0 saturated heterocycles. The number of hydrogen-bond donors (Lipinski definition) is 1. The number of benzene rings is 1. The number of hydrazone groups is 1. The molecule has 0 radical (unpaired) electrons. The monoisotopic (exact) mass is 455 g/mol. The number of halogens is 1. The molecule has 1 aliphatic rings.